The van der Waals surface area contributed by atoms with Gasteiger partial charge in [0.15, 0.2) is 0 Å². The van der Waals surface area contributed by atoms with Gasteiger partial charge in [-0.15, -0.1) is 0 Å². The van der Waals surface area contributed by atoms with Gasteiger partial charge in [-0.3, -0.25) is 14.6 Å². The molecule has 27 heavy (non-hydrogen) atoms. The highest BCUT2D eigenvalue weighted by atomic mass is 19.1. The van der Waals surface area contributed by atoms with Crippen molar-refractivity contribution < 1.29 is 9.18 Å². The molecule has 2 aromatic rings. The summed E-state index contributed by atoms with van der Waals surface area (Å²) in [5.74, 6) is 0.0450. The Morgan fingerprint density at radius 2 is 1.59 bits per heavy atom. The lowest BCUT2D eigenvalue weighted by atomic mass is 10.0. The number of fused-ring (bicyclic) bond motifs is 1. The van der Waals surface area contributed by atoms with Crippen molar-refractivity contribution in [2.45, 2.75) is 19.4 Å². The molecule has 0 unspecified atom stereocenters. The molecule has 0 saturated carbocycles. The van der Waals surface area contributed by atoms with E-state index in [0.717, 1.165) is 56.8 Å². The van der Waals surface area contributed by atoms with Crippen LogP contribution in [0.3, 0.4) is 0 Å². The average molecular weight is 367 g/mol. The summed E-state index contributed by atoms with van der Waals surface area (Å²) in [6.07, 6.45) is 2.08. The van der Waals surface area contributed by atoms with Gasteiger partial charge >= 0.3 is 0 Å². The highest BCUT2D eigenvalue weighted by Gasteiger charge is 2.25. The maximum Gasteiger partial charge on any atom is 0.241 e. The van der Waals surface area contributed by atoms with E-state index in [1.807, 2.05) is 29.2 Å². The zero-order chi connectivity index (χ0) is 18.6. The molecule has 0 N–H and O–H groups in total. The third-order valence-corrected chi connectivity index (χ3v) is 5.59. The molecule has 1 saturated heterocycles. The molecule has 0 aliphatic carbocycles. The average Bonchev–Trinajstić information content (AvgIpc) is 2.70. The van der Waals surface area contributed by atoms with Gasteiger partial charge in [0.25, 0.3) is 0 Å². The van der Waals surface area contributed by atoms with Gasteiger partial charge in [-0.25, -0.2) is 4.39 Å². The summed E-state index contributed by atoms with van der Waals surface area (Å²) in [4.78, 5) is 19.3. The highest BCUT2D eigenvalue weighted by molar-refractivity contribution is 5.95. The van der Waals surface area contributed by atoms with Gasteiger partial charge in [-0.05, 0) is 30.5 Å². The van der Waals surface area contributed by atoms with Crippen molar-refractivity contribution in [3.05, 3.63) is 65.5 Å². The summed E-state index contributed by atoms with van der Waals surface area (Å²) in [7, 11) is 0. The number of para-hydroxylation sites is 1. The first-order chi connectivity index (χ1) is 13.2. The lowest BCUT2D eigenvalue weighted by Gasteiger charge is -2.36. The zero-order valence-electron chi connectivity index (χ0n) is 15.6. The molecule has 4 nitrogen and oxygen atoms in total. The van der Waals surface area contributed by atoms with Crippen molar-refractivity contribution in [1.82, 2.24) is 9.80 Å². The molecule has 2 aliphatic heterocycles. The van der Waals surface area contributed by atoms with E-state index in [0.29, 0.717) is 13.1 Å². The van der Waals surface area contributed by atoms with Crippen LogP contribution >= 0.6 is 0 Å². The number of amides is 1. The van der Waals surface area contributed by atoms with Crippen LogP contribution in [0.15, 0.2) is 48.5 Å². The van der Waals surface area contributed by atoms with Crippen molar-refractivity contribution >= 4 is 11.6 Å². The SMILES string of the molecule is O=C(CN1CCN(Cc2ccccc2F)CC1)N1CCCc2ccccc21. The van der Waals surface area contributed by atoms with E-state index in [2.05, 4.69) is 21.9 Å². The minimum atomic E-state index is -0.140. The lowest BCUT2D eigenvalue weighted by molar-refractivity contribution is -0.120. The molecule has 4 rings (SSSR count). The van der Waals surface area contributed by atoms with Crippen molar-refractivity contribution in [1.29, 1.82) is 0 Å². The molecule has 142 valence electrons. The van der Waals surface area contributed by atoms with Crippen LogP contribution in [0.25, 0.3) is 0 Å². The number of piperazine rings is 1. The molecule has 0 aromatic heterocycles. The number of anilines is 1. The number of aryl methyl sites for hydroxylation is 1. The lowest BCUT2D eigenvalue weighted by Crippen LogP contribution is -2.50. The second kappa shape index (κ2) is 8.19. The first kappa shape index (κ1) is 18.1. The third-order valence-electron chi connectivity index (χ3n) is 5.59. The van der Waals surface area contributed by atoms with E-state index >= 15 is 0 Å². The van der Waals surface area contributed by atoms with Gasteiger partial charge in [-0.2, -0.15) is 0 Å². The largest absolute Gasteiger partial charge is 0.311 e. The number of halogens is 1. The molecule has 2 heterocycles. The zero-order valence-corrected chi connectivity index (χ0v) is 15.6. The molecule has 0 bridgehead atoms. The van der Waals surface area contributed by atoms with Crippen molar-refractivity contribution in [3.63, 3.8) is 0 Å². The van der Waals surface area contributed by atoms with Crippen LogP contribution in [0.5, 0.6) is 0 Å². The number of nitrogens with zero attached hydrogens (tertiary/aromatic N) is 3. The van der Waals surface area contributed by atoms with Crippen molar-refractivity contribution in [2.75, 3.05) is 44.2 Å². The van der Waals surface area contributed by atoms with Crippen LogP contribution in [0, 0.1) is 5.82 Å². The Bertz CT molecular complexity index is 802. The fourth-order valence-corrected chi connectivity index (χ4v) is 4.04. The van der Waals surface area contributed by atoms with Crippen molar-refractivity contribution in [3.8, 4) is 0 Å². The van der Waals surface area contributed by atoms with E-state index in [1.54, 1.807) is 6.07 Å². The summed E-state index contributed by atoms with van der Waals surface area (Å²) >= 11 is 0. The Morgan fingerprint density at radius 1 is 0.889 bits per heavy atom. The Hall–Kier alpha value is -2.24. The van der Waals surface area contributed by atoms with Crippen LogP contribution in [0.1, 0.15) is 17.5 Å². The number of benzene rings is 2. The molecular formula is C22H26FN3O. The minimum absolute atomic E-state index is 0.140. The number of carbonyl (C=O) groups is 1. The first-order valence-electron chi connectivity index (χ1n) is 9.77. The van der Waals surface area contributed by atoms with Crippen LogP contribution in [-0.2, 0) is 17.8 Å². The van der Waals surface area contributed by atoms with E-state index < -0.39 is 0 Å². The first-order valence-corrected chi connectivity index (χ1v) is 9.77. The standard InChI is InChI=1S/C22H26FN3O/c23-20-9-3-1-7-19(20)16-24-12-14-25(15-13-24)17-22(27)26-11-5-8-18-6-2-4-10-21(18)26/h1-4,6-7,9-10H,5,8,11-17H2. The summed E-state index contributed by atoms with van der Waals surface area (Å²) in [5.41, 5.74) is 3.09. The predicted octanol–water partition coefficient (Wildman–Crippen LogP) is 2.92. The highest BCUT2D eigenvalue weighted by Crippen LogP contribution is 2.26. The second-order valence-electron chi connectivity index (χ2n) is 7.42. The molecule has 1 amide bonds. The topological polar surface area (TPSA) is 26.8 Å². The summed E-state index contributed by atoms with van der Waals surface area (Å²) < 4.78 is 13.8. The number of hydrogen-bond acceptors (Lipinski definition) is 3. The Kier molecular flexibility index (Phi) is 5.50. The van der Waals surface area contributed by atoms with Gasteiger partial charge in [-0.1, -0.05) is 36.4 Å². The molecule has 1 fully saturated rings. The summed E-state index contributed by atoms with van der Waals surface area (Å²) in [5, 5.41) is 0. The maximum atomic E-state index is 13.8. The number of hydrogen-bond donors (Lipinski definition) is 0. The molecule has 5 heteroatoms. The van der Waals surface area contributed by atoms with Gasteiger partial charge in [0.1, 0.15) is 5.82 Å². The molecule has 0 radical (unpaired) electrons. The normalized spacial score (nSPS) is 18.3. The monoisotopic (exact) mass is 367 g/mol. The smallest absolute Gasteiger partial charge is 0.241 e. The molecule has 0 spiro atoms. The molecule has 0 atom stereocenters. The van der Waals surface area contributed by atoms with E-state index in [9.17, 15) is 9.18 Å². The second-order valence-corrected chi connectivity index (χ2v) is 7.42. The molecule has 2 aliphatic rings. The van der Waals surface area contributed by atoms with Gasteiger partial charge in [0, 0.05) is 50.5 Å². The summed E-state index contributed by atoms with van der Waals surface area (Å²) in [6.45, 7) is 5.31. The Morgan fingerprint density at radius 3 is 2.41 bits per heavy atom. The van der Waals surface area contributed by atoms with Crippen molar-refractivity contribution in [2.24, 2.45) is 0 Å². The quantitative estimate of drug-likeness (QED) is 0.831. The fraction of sp³-hybridized carbons (Fsp3) is 0.409. The fourth-order valence-electron chi connectivity index (χ4n) is 4.04. The van der Waals surface area contributed by atoms with Crippen LogP contribution in [0.2, 0.25) is 0 Å². The van der Waals surface area contributed by atoms with Crippen LogP contribution < -0.4 is 4.90 Å². The van der Waals surface area contributed by atoms with Gasteiger partial charge in [0.05, 0.1) is 6.54 Å². The van der Waals surface area contributed by atoms with E-state index in [1.165, 1.54) is 11.6 Å². The Labute approximate surface area is 160 Å². The number of rotatable bonds is 4. The van der Waals surface area contributed by atoms with E-state index in [4.69, 9.17) is 0 Å². The number of carbonyl (C=O) groups excluding carboxylic acids is 1. The maximum absolute atomic E-state index is 13.8. The predicted molar refractivity (Wildman–Crippen MR) is 105 cm³/mol. The van der Waals surface area contributed by atoms with Crippen LogP contribution in [0.4, 0.5) is 10.1 Å². The molecule has 2 aromatic carbocycles. The minimum Gasteiger partial charge on any atom is -0.311 e. The summed E-state index contributed by atoms with van der Waals surface area (Å²) in [6, 6.07) is 15.2. The van der Waals surface area contributed by atoms with Crippen LogP contribution in [-0.4, -0.2) is 55.0 Å². The third kappa shape index (κ3) is 4.20. The van der Waals surface area contributed by atoms with E-state index in [-0.39, 0.29) is 11.7 Å². The Balaban J connectivity index is 1.31. The van der Waals surface area contributed by atoms with Gasteiger partial charge in [0.2, 0.25) is 5.91 Å². The molecular weight excluding hydrogens is 341 g/mol. The van der Waals surface area contributed by atoms with Gasteiger partial charge < -0.3 is 4.90 Å².